The summed E-state index contributed by atoms with van der Waals surface area (Å²) in [7, 11) is 2.17. The van der Waals surface area contributed by atoms with E-state index >= 15 is 0 Å². The molecule has 0 radical (unpaired) electrons. The van der Waals surface area contributed by atoms with Gasteiger partial charge in [-0.1, -0.05) is 6.42 Å². The third kappa shape index (κ3) is 3.77. The SMILES string of the molecule is CCOc1cc(OCC2CCCCN2C)ccc1N. The first-order valence-electron chi connectivity index (χ1n) is 7.06. The largest absolute Gasteiger partial charge is 0.492 e. The van der Waals surface area contributed by atoms with Crippen LogP contribution in [0.2, 0.25) is 0 Å². The van der Waals surface area contributed by atoms with Crippen LogP contribution in [0.5, 0.6) is 11.5 Å². The molecule has 1 heterocycles. The zero-order chi connectivity index (χ0) is 13.7. The van der Waals surface area contributed by atoms with Gasteiger partial charge in [-0.2, -0.15) is 0 Å². The average molecular weight is 264 g/mol. The summed E-state index contributed by atoms with van der Waals surface area (Å²) in [6, 6.07) is 6.13. The van der Waals surface area contributed by atoms with E-state index in [9.17, 15) is 0 Å². The van der Waals surface area contributed by atoms with Crippen molar-refractivity contribution in [2.45, 2.75) is 32.2 Å². The number of nitrogens with two attached hydrogens (primary N) is 1. The van der Waals surface area contributed by atoms with Crippen LogP contribution >= 0.6 is 0 Å². The van der Waals surface area contributed by atoms with Gasteiger partial charge in [-0.15, -0.1) is 0 Å². The van der Waals surface area contributed by atoms with Crippen molar-refractivity contribution >= 4 is 5.69 Å². The van der Waals surface area contributed by atoms with E-state index in [1.165, 1.54) is 25.8 Å². The lowest BCUT2D eigenvalue weighted by Gasteiger charge is -2.32. The summed E-state index contributed by atoms with van der Waals surface area (Å²) in [4.78, 5) is 2.38. The molecular weight excluding hydrogens is 240 g/mol. The zero-order valence-corrected chi connectivity index (χ0v) is 11.9. The van der Waals surface area contributed by atoms with Crippen LogP contribution in [0.4, 0.5) is 5.69 Å². The lowest BCUT2D eigenvalue weighted by Crippen LogP contribution is -2.40. The molecule has 2 N–H and O–H groups in total. The number of likely N-dealkylation sites (tertiary alicyclic amines) is 1. The molecule has 19 heavy (non-hydrogen) atoms. The number of nitrogen functional groups attached to an aromatic ring is 1. The number of ether oxygens (including phenoxy) is 2. The fourth-order valence-corrected chi connectivity index (χ4v) is 2.43. The molecule has 1 saturated heterocycles. The number of anilines is 1. The van der Waals surface area contributed by atoms with Gasteiger partial charge in [-0.25, -0.2) is 0 Å². The number of benzene rings is 1. The van der Waals surface area contributed by atoms with Crippen molar-refractivity contribution in [3.63, 3.8) is 0 Å². The molecule has 1 aliphatic heterocycles. The quantitative estimate of drug-likeness (QED) is 0.830. The Kier molecular flexibility index (Phi) is 4.91. The van der Waals surface area contributed by atoms with Crippen LogP contribution in [0.1, 0.15) is 26.2 Å². The third-order valence-corrected chi connectivity index (χ3v) is 3.65. The summed E-state index contributed by atoms with van der Waals surface area (Å²) in [6.45, 7) is 4.45. The van der Waals surface area contributed by atoms with Gasteiger partial charge in [-0.3, -0.25) is 0 Å². The van der Waals surface area contributed by atoms with Gasteiger partial charge in [0.2, 0.25) is 0 Å². The van der Waals surface area contributed by atoms with Gasteiger partial charge in [0.25, 0.3) is 0 Å². The van der Waals surface area contributed by atoms with E-state index in [-0.39, 0.29) is 0 Å². The first-order chi connectivity index (χ1) is 9.20. The van der Waals surface area contributed by atoms with Crippen LogP contribution in [-0.2, 0) is 0 Å². The van der Waals surface area contributed by atoms with Crippen molar-refractivity contribution in [1.82, 2.24) is 4.90 Å². The lowest BCUT2D eigenvalue weighted by molar-refractivity contribution is 0.125. The second-order valence-electron chi connectivity index (χ2n) is 5.07. The van der Waals surface area contributed by atoms with E-state index < -0.39 is 0 Å². The summed E-state index contributed by atoms with van der Waals surface area (Å²) >= 11 is 0. The monoisotopic (exact) mass is 264 g/mol. The Balaban J connectivity index is 1.93. The van der Waals surface area contributed by atoms with Crippen LogP contribution < -0.4 is 15.2 Å². The molecule has 1 unspecified atom stereocenters. The standard InChI is InChI=1S/C15H24N2O2/c1-3-18-15-10-13(7-8-14(15)16)19-11-12-6-4-5-9-17(12)2/h7-8,10,12H,3-6,9,11,16H2,1-2H3. The zero-order valence-electron chi connectivity index (χ0n) is 11.9. The molecule has 0 amide bonds. The topological polar surface area (TPSA) is 47.7 Å². The van der Waals surface area contributed by atoms with Crippen LogP contribution in [0.25, 0.3) is 0 Å². The van der Waals surface area contributed by atoms with E-state index in [2.05, 4.69) is 11.9 Å². The van der Waals surface area contributed by atoms with E-state index in [0.29, 0.717) is 24.1 Å². The van der Waals surface area contributed by atoms with Gasteiger partial charge in [-0.05, 0) is 45.5 Å². The van der Waals surface area contributed by atoms with Crippen molar-refractivity contribution < 1.29 is 9.47 Å². The van der Waals surface area contributed by atoms with Crippen molar-refractivity contribution in [1.29, 1.82) is 0 Å². The number of nitrogens with zero attached hydrogens (tertiary/aromatic N) is 1. The number of likely N-dealkylation sites (N-methyl/N-ethyl adjacent to an activating group) is 1. The Morgan fingerprint density at radius 1 is 1.32 bits per heavy atom. The normalized spacial score (nSPS) is 20.2. The van der Waals surface area contributed by atoms with Gasteiger partial charge in [0.05, 0.1) is 12.3 Å². The first-order valence-corrected chi connectivity index (χ1v) is 7.06. The first kappa shape index (κ1) is 14.0. The number of piperidine rings is 1. The van der Waals surface area contributed by atoms with Gasteiger partial charge >= 0.3 is 0 Å². The Morgan fingerprint density at radius 2 is 2.16 bits per heavy atom. The van der Waals surface area contributed by atoms with E-state index in [4.69, 9.17) is 15.2 Å². The van der Waals surface area contributed by atoms with Crippen molar-refractivity contribution in [3.8, 4) is 11.5 Å². The molecule has 106 valence electrons. The van der Waals surface area contributed by atoms with E-state index in [1.54, 1.807) is 0 Å². The molecule has 0 spiro atoms. The molecule has 1 aliphatic rings. The summed E-state index contributed by atoms with van der Waals surface area (Å²) in [5.74, 6) is 1.54. The van der Waals surface area contributed by atoms with E-state index in [1.807, 2.05) is 25.1 Å². The number of hydrogen-bond acceptors (Lipinski definition) is 4. The van der Waals surface area contributed by atoms with Crippen LogP contribution in [0.15, 0.2) is 18.2 Å². The maximum atomic E-state index is 5.88. The summed E-state index contributed by atoms with van der Waals surface area (Å²) in [5.41, 5.74) is 6.50. The maximum Gasteiger partial charge on any atom is 0.145 e. The fourth-order valence-electron chi connectivity index (χ4n) is 2.43. The van der Waals surface area contributed by atoms with Gasteiger partial charge < -0.3 is 20.1 Å². The van der Waals surface area contributed by atoms with E-state index in [0.717, 1.165) is 12.4 Å². The Morgan fingerprint density at radius 3 is 2.89 bits per heavy atom. The molecule has 4 heteroatoms. The minimum Gasteiger partial charge on any atom is -0.492 e. The molecule has 1 fully saturated rings. The van der Waals surface area contributed by atoms with Crippen LogP contribution in [-0.4, -0.2) is 37.7 Å². The minimum absolute atomic E-state index is 0.516. The van der Waals surface area contributed by atoms with Gasteiger partial charge in [0.15, 0.2) is 0 Å². The highest BCUT2D eigenvalue weighted by Crippen LogP contribution is 2.27. The van der Waals surface area contributed by atoms with Crippen LogP contribution in [0, 0.1) is 0 Å². The molecule has 1 aromatic carbocycles. The molecule has 0 bridgehead atoms. The predicted molar refractivity (Wildman–Crippen MR) is 77.8 cm³/mol. The number of rotatable bonds is 5. The molecule has 1 atom stereocenters. The highest BCUT2D eigenvalue weighted by molar-refractivity contribution is 5.55. The summed E-state index contributed by atoms with van der Waals surface area (Å²) in [6.07, 6.45) is 3.80. The fraction of sp³-hybridized carbons (Fsp3) is 0.600. The predicted octanol–water partition coefficient (Wildman–Crippen LogP) is 2.53. The van der Waals surface area contributed by atoms with Crippen LogP contribution in [0.3, 0.4) is 0 Å². The molecular formula is C15H24N2O2. The van der Waals surface area contributed by atoms with Gasteiger partial charge in [0, 0.05) is 12.1 Å². The minimum atomic E-state index is 0.516. The smallest absolute Gasteiger partial charge is 0.145 e. The summed E-state index contributed by atoms with van der Waals surface area (Å²) in [5, 5.41) is 0. The number of hydrogen-bond donors (Lipinski definition) is 1. The second kappa shape index (κ2) is 6.66. The van der Waals surface area contributed by atoms with Crippen molar-refractivity contribution in [2.24, 2.45) is 0 Å². The average Bonchev–Trinajstić information content (AvgIpc) is 2.41. The van der Waals surface area contributed by atoms with Crippen molar-refractivity contribution in [3.05, 3.63) is 18.2 Å². The Hall–Kier alpha value is -1.42. The summed E-state index contributed by atoms with van der Waals surface area (Å²) < 4.78 is 11.4. The molecule has 0 aliphatic carbocycles. The molecule has 0 saturated carbocycles. The Labute approximate surface area is 115 Å². The maximum absolute atomic E-state index is 5.88. The second-order valence-corrected chi connectivity index (χ2v) is 5.07. The van der Waals surface area contributed by atoms with Crippen molar-refractivity contribution in [2.75, 3.05) is 32.5 Å². The molecule has 4 nitrogen and oxygen atoms in total. The highest BCUT2D eigenvalue weighted by atomic mass is 16.5. The molecule has 2 rings (SSSR count). The molecule has 0 aromatic heterocycles. The molecule has 1 aromatic rings. The highest BCUT2D eigenvalue weighted by Gasteiger charge is 2.19. The Bertz CT molecular complexity index is 409. The lowest BCUT2D eigenvalue weighted by atomic mass is 10.0. The van der Waals surface area contributed by atoms with Gasteiger partial charge in [0.1, 0.15) is 18.1 Å². The third-order valence-electron chi connectivity index (χ3n) is 3.65.